The van der Waals surface area contributed by atoms with Gasteiger partial charge in [-0.1, -0.05) is 143 Å². The van der Waals surface area contributed by atoms with Gasteiger partial charge in [-0.05, 0) is 77.0 Å². The Kier molecular flexibility index (Phi) is 34.6. The molecular weight excluding hydrogens is 663 g/mol. The molecule has 0 spiro atoms. The summed E-state index contributed by atoms with van der Waals surface area (Å²) in [5.74, 6) is -0.950. The molecule has 0 saturated heterocycles. The van der Waals surface area contributed by atoms with Gasteiger partial charge >= 0.3 is 19.8 Å². The molecule has 0 amide bonds. The van der Waals surface area contributed by atoms with E-state index in [4.69, 9.17) is 19.3 Å². The Labute approximate surface area is 309 Å². The quantitative estimate of drug-likeness (QED) is 0.0225. The molecule has 0 rings (SSSR count). The number of phosphoric acid groups is 1. The zero-order valence-electron chi connectivity index (χ0n) is 31.5. The van der Waals surface area contributed by atoms with E-state index in [0.29, 0.717) is 12.8 Å². The Morgan fingerprint density at radius 2 is 0.980 bits per heavy atom. The maximum atomic E-state index is 12.3. The molecule has 0 aliphatic heterocycles. The molecular formula is C42H67O8P. The molecule has 9 heteroatoms. The topological polar surface area (TPSA) is 119 Å². The first-order valence-corrected chi connectivity index (χ1v) is 20.6. The van der Waals surface area contributed by atoms with Crippen molar-refractivity contribution in [1.82, 2.24) is 0 Å². The normalized spacial score (nSPS) is 13.6. The number of rotatable bonds is 33. The number of phosphoric ester groups is 1. The molecule has 0 bridgehead atoms. The van der Waals surface area contributed by atoms with Gasteiger partial charge in [0.05, 0.1) is 6.61 Å². The second-order valence-corrected chi connectivity index (χ2v) is 13.4. The molecule has 0 radical (unpaired) electrons. The van der Waals surface area contributed by atoms with Crippen LogP contribution in [0.4, 0.5) is 0 Å². The maximum absolute atomic E-state index is 12.3. The van der Waals surface area contributed by atoms with Crippen molar-refractivity contribution in [3.05, 3.63) is 97.2 Å². The van der Waals surface area contributed by atoms with Crippen molar-refractivity contribution in [2.75, 3.05) is 13.2 Å². The van der Waals surface area contributed by atoms with Crippen LogP contribution in [-0.2, 0) is 28.2 Å². The van der Waals surface area contributed by atoms with Gasteiger partial charge in [0.1, 0.15) is 6.61 Å². The summed E-state index contributed by atoms with van der Waals surface area (Å²) in [6.07, 6.45) is 49.8. The van der Waals surface area contributed by atoms with E-state index in [2.05, 4.69) is 97.4 Å². The average Bonchev–Trinajstić information content (AvgIpc) is 3.10. The van der Waals surface area contributed by atoms with E-state index in [0.717, 1.165) is 96.3 Å². The maximum Gasteiger partial charge on any atom is 0.469 e. The summed E-state index contributed by atoms with van der Waals surface area (Å²) in [6.45, 7) is 3.37. The average molecular weight is 731 g/mol. The van der Waals surface area contributed by atoms with E-state index >= 15 is 0 Å². The van der Waals surface area contributed by atoms with Gasteiger partial charge in [-0.3, -0.25) is 14.1 Å². The molecule has 288 valence electrons. The Hall–Kier alpha value is -3.03. The molecule has 0 aromatic carbocycles. The lowest BCUT2D eigenvalue weighted by atomic mass is 10.1. The van der Waals surface area contributed by atoms with Crippen LogP contribution < -0.4 is 0 Å². The fraction of sp³-hybridized carbons (Fsp3) is 0.571. The predicted octanol–water partition coefficient (Wildman–Crippen LogP) is 11.5. The van der Waals surface area contributed by atoms with E-state index < -0.39 is 32.5 Å². The molecule has 0 saturated carbocycles. The molecule has 0 heterocycles. The summed E-state index contributed by atoms with van der Waals surface area (Å²) < 4.78 is 26.3. The minimum absolute atomic E-state index is 0.177. The second kappa shape index (κ2) is 36.8. The Balaban J connectivity index is 4.06. The SMILES string of the molecule is CC/C=C/C=C/C=C/CCCCCCCC(=O)OC(COC(=O)CCCCCC/C=C/C/C=C/C/C=C/C/C=C/C/C=C/CC)COP(=O)(O)O. The van der Waals surface area contributed by atoms with Gasteiger partial charge in [0.2, 0.25) is 0 Å². The van der Waals surface area contributed by atoms with Crippen LogP contribution in [0, 0.1) is 0 Å². The van der Waals surface area contributed by atoms with E-state index in [1.54, 1.807) is 0 Å². The smallest absolute Gasteiger partial charge is 0.462 e. The standard InChI is InChI=1S/C42H67O8P/c1-3-5-7-9-11-13-15-17-18-19-20-21-22-23-25-26-28-30-32-34-36-41(43)48-38-40(39-49-51(45,46)47)50-42(44)37-35-33-31-29-27-24-16-14-12-10-8-6-4-2/h5-8,10-14,16-18,20-21,23,25,40H,3-4,9,15,19,22,24,26-39H2,1-2H3,(H2,45,46,47)/b7-5+,8-6+,12-10+,13-11+,16-14+,18-17+,21-20+,25-23+. The van der Waals surface area contributed by atoms with Crippen LogP contribution >= 0.6 is 7.82 Å². The van der Waals surface area contributed by atoms with Crippen LogP contribution in [0.15, 0.2) is 97.2 Å². The molecule has 1 unspecified atom stereocenters. The zero-order valence-corrected chi connectivity index (χ0v) is 32.3. The van der Waals surface area contributed by atoms with Crippen LogP contribution in [0.1, 0.15) is 136 Å². The number of carbonyl (C=O) groups is 2. The summed E-state index contributed by atoms with van der Waals surface area (Å²) in [7, 11) is -4.77. The van der Waals surface area contributed by atoms with E-state index in [-0.39, 0.29) is 19.4 Å². The van der Waals surface area contributed by atoms with Crippen molar-refractivity contribution in [3.8, 4) is 0 Å². The van der Waals surface area contributed by atoms with Crippen LogP contribution in [0.25, 0.3) is 0 Å². The molecule has 2 N–H and O–H groups in total. The molecule has 51 heavy (non-hydrogen) atoms. The van der Waals surface area contributed by atoms with E-state index in [1.807, 2.05) is 18.2 Å². The number of ether oxygens (including phenoxy) is 2. The second-order valence-electron chi connectivity index (χ2n) is 12.2. The highest BCUT2D eigenvalue weighted by molar-refractivity contribution is 7.46. The molecule has 1 atom stereocenters. The summed E-state index contributed by atoms with van der Waals surface area (Å²) in [6, 6.07) is 0. The molecule has 0 aliphatic rings. The fourth-order valence-corrected chi connectivity index (χ4v) is 4.99. The number of hydrogen-bond donors (Lipinski definition) is 2. The van der Waals surface area contributed by atoms with Gasteiger partial charge in [0.15, 0.2) is 6.10 Å². The Morgan fingerprint density at radius 3 is 1.53 bits per heavy atom. The van der Waals surface area contributed by atoms with Gasteiger partial charge in [0, 0.05) is 12.8 Å². The first-order chi connectivity index (χ1) is 24.8. The Morgan fingerprint density at radius 1 is 0.529 bits per heavy atom. The number of esters is 2. The number of unbranched alkanes of at least 4 members (excludes halogenated alkanes) is 9. The van der Waals surface area contributed by atoms with Crippen molar-refractivity contribution in [2.45, 2.75) is 142 Å². The minimum Gasteiger partial charge on any atom is -0.462 e. The van der Waals surface area contributed by atoms with Crippen molar-refractivity contribution in [3.63, 3.8) is 0 Å². The zero-order chi connectivity index (χ0) is 37.5. The van der Waals surface area contributed by atoms with Gasteiger partial charge in [-0.25, -0.2) is 4.57 Å². The third-order valence-electron chi connectivity index (χ3n) is 7.41. The number of allylic oxidation sites excluding steroid dienone is 16. The highest BCUT2D eigenvalue weighted by Crippen LogP contribution is 2.36. The first-order valence-electron chi connectivity index (χ1n) is 19.1. The minimum atomic E-state index is -4.77. The van der Waals surface area contributed by atoms with Crippen LogP contribution in [0.2, 0.25) is 0 Å². The number of hydrogen-bond acceptors (Lipinski definition) is 6. The van der Waals surface area contributed by atoms with E-state index in [9.17, 15) is 14.2 Å². The molecule has 0 aromatic heterocycles. The summed E-state index contributed by atoms with van der Waals surface area (Å²) >= 11 is 0. The Bertz CT molecular complexity index is 1140. The van der Waals surface area contributed by atoms with Crippen LogP contribution in [0.3, 0.4) is 0 Å². The first kappa shape index (κ1) is 48.0. The summed E-state index contributed by atoms with van der Waals surface area (Å²) in [4.78, 5) is 42.7. The van der Waals surface area contributed by atoms with Crippen LogP contribution in [0.5, 0.6) is 0 Å². The van der Waals surface area contributed by atoms with Gasteiger partial charge in [-0.15, -0.1) is 0 Å². The number of carbonyl (C=O) groups excluding carboxylic acids is 2. The summed E-state index contributed by atoms with van der Waals surface area (Å²) in [5, 5.41) is 0. The van der Waals surface area contributed by atoms with Crippen molar-refractivity contribution >= 4 is 19.8 Å². The van der Waals surface area contributed by atoms with Crippen LogP contribution in [-0.4, -0.2) is 41.0 Å². The molecule has 8 nitrogen and oxygen atoms in total. The van der Waals surface area contributed by atoms with Crippen molar-refractivity contribution in [2.24, 2.45) is 0 Å². The summed E-state index contributed by atoms with van der Waals surface area (Å²) in [5.41, 5.74) is 0. The third-order valence-corrected chi connectivity index (χ3v) is 7.89. The van der Waals surface area contributed by atoms with Crippen molar-refractivity contribution in [1.29, 1.82) is 0 Å². The molecule has 0 aromatic rings. The highest BCUT2D eigenvalue weighted by Gasteiger charge is 2.22. The fourth-order valence-electron chi connectivity index (χ4n) is 4.63. The highest BCUT2D eigenvalue weighted by atomic mass is 31.2. The van der Waals surface area contributed by atoms with Gasteiger partial charge in [-0.2, -0.15) is 0 Å². The third kappa shape index (κ3) is 39.6. The predicted molar refractivity (Wildman–Crippen MR) is 211 cm³/mol. The lowest BCUT2D eigenvalue weighted by molar-refractivity contribution is -0.161. The van der Waals surface area contributed by atoms with Gasteiger partial charge < -0.3 is 19.3 Å². The van der Waals surface area contributed by atoms with Crippen molar-refractivity contribution < 1.29 is 37.9 Å². The molecule has 0 fully saturated rings. The lowest BCUT2D eigenvalue weighted by Crippen LogP contribution is -2.29. The molecule has 0 aliphatic carbocycles. The monoisotopic (exact) mass is 730 g/mol. The van der Waals surface area contributed by atoms with Gasteiger partial charge in [0.25, 0.3) is 0 Å². The van der Waals surface area contributed by atoms with E-state index in [1.165, 1.54) is 0 Å². The lowest BCUT2D eigenvalue weighted by Gasteiger charge is -2.18. The largest absolute Gasteiger partial charge is 0.469 e.